The van der Waals surface area contributed by atoms with Crippen molar-refractivity contribution in [1.29, 1.82) is 0 Å². The van der Waals surface area contributed by atoms with Crippen LogP contribution in [-0.2, 0) is 17.8 Å². The van der Waals surface area contributed by atoms with Crippen molar-refractivity contribution < 1.29 is 28.6 Å². The Labute approximate surface area is 240 Å². The van der Waals surface area contributed by atoms with Crippen LogP contribution in [0.1, 0.15) is 33.0 Å². The quantitative estimate of drug-likeness (QED) is 0.312. The predicted octanol–water partition coefficient (Wildman–Crippen LogP) is 5.07. The third kappa shape index (κ3) is 5.90. The SMILES string of the molecule is O=C(O)c1ccc2nc(CN3CCN(C(=O)c4cccc(Oc5cc(Cl)ccc5F)c4)CC3)n(C[C@@H]3CCO3)c2c1. The van der Waals surface area contributed by atoms with Gasteiger partial charge in [-0.2, -0.15) is 0 Å². The van der Waals surface area contributed by atoms with Gasteiger partial charge in [-0.05, 0) is 55.0 Å². The molecule has 6 rings (SSSR count). The van der Waals surface area contributed by atoms with Gasteiger partial charge in [0.25, 0.3) is 5.91 Å². The van der Waals surface area contributed by atoms with Gasteiger partial charge in [0.2, 0.25) is 0 Å². The van der Waals surface area contributed by atoms with E-state index in [2.05, 4.69) is 9.47 Å². The Morgan fingerprint density at radius 3 is 2.59 bits per heavy atom. The molecule has 3 heterocycles. The van der Waals surface area contributed by atoms with Crippen LogP contribution < -0.4 is 4.74 Å². The third-order valence-corrected chi connectivity index (χ3v) is 7.72. The Hall–Kier alpha value is -3.99. The summed E-state index contributed by atoms with van der Waals surface area (Å²) in [4.78, 5) is 33.7. The van der Waals surface area contributed by atoms with Crippen LogP contribution in [0.15, 0.2) is 60.7 Å². The van der Waals surface area contributed by atoms with Crippen LogP contribution in [0.5, 0.6) is 11.5 Å². The first-order valence-electron chi connectivity index (χ1n) is 13.4. The maximum Gasteiger partial charge on any atom is 0.335 e. The number of halogens is 2. The van der Waals surface area contributed by atoms with E-state index in [1.807, 2.05) is 0 Å². The summed E-state index contributed by atoms with van der Waals surface area (Å²) in [5.41, 5.74) is 2.20. The minimum atomic E-state index is -0.976. The number of aromatic nitrogens is 2. The van der Waals surface area contributed by atoms with Gasteiger partial charge in [0.15, 0.2) is 11.6 Å². The molecule has 2 saturated heterocycles. The van der Waals surface area contributed by atoms with Gasteiger partial charge in [-0.15, -0.1) is 0 Å². The molecule has 9 nitrogen and oxygen atoms in total. The van der Waals surface area contributed by atoms with Gasteiger partial charge in [0.1, 0.15) is 11.6 Å². The molecule has 0 unspecified atom stereocenters. The van der Waals surface area contributed by atoms with Crippen LogP contribution >= 0.6 is 11.6 Å². The fourth-order valence-electron chi connectivity index (χ4n) is 5.13. The highest BCUT2D eigenvalue weighted by molar-refractivity contribution is 6.30. The van der Waals surface area contributed by atoms with Gasteiger partial charge < -0.3 is 24.0 Å². The lowest BCUT2D eigenvalue weighted by atomic mass is 10.1. The highest BCUT2D eigenvalue weighted by atomic mass is 35.5. The molecule has 2 fully saturated rings. The molecule has 0 spiro atoms. The summed E-state index contributed by atoms with van der Waals surface area (Å²) in [7, 11) is 0. The lowest BCUT2D eigenvalue weighted by Gasteiger charge is -2.35. The van der Waals surface area contributed by atoms with E-state index in [-0.39, 0.29) is 23.3 Å². The van der Waals surface area contributed by atoms with E-state index in [9.17, 15) is 19.1 Å². The number of piperazine rings is 1. The van der Waals surface area contributed by atoms with Crippen molar-refractivity contribution in [3.8, 4) is 11.5 Å². The minimum absolute atomic E-state index is 0.00945. The number of carboxylic acid groups (broad SMARTS) is 1. The normalized spacial score (nSPS) is 17.4. The first kappa shape index (κ1) is 27.2. The minimum Gasteiger partial charge on any atom is -0.478 e. The number of benzene rings is 3. The highest BCUT2D eigenvalue weighted by Crippen LogP contribution is 2.28. The Morgan fingerprint density at radius 1 is 1.05 bits per heavy atom. The maximum atomic E-state index is 14.1. The molecule has 0 aliphatic carbocycles. The molecule has 0 radical (unpaired) electrons. The number of hydrogen-bond donors (Lipinski definition) is 1. The van der Waals surface area contributed by atoms with Crippen molar-refractivity contribution in [1.82, 2.24) is 19.4 Å². The number of rotatable bonds is 8. The number of nitrogens with zero attached hydrogens (tertiary/aromatic N) is 4. The molecule has 4 aromatic rings. The monoisotopic (exact) mass is 578 g/mol. The summed E-state index contributed by atoms with van der Waals surface area (Å²) in [5, 5.41) is 9.83. The van der Waals surface area contributed by atoms with E-state index in [1.165, 1.54) is 18.2 Å². The summed E-state index contributed by atoms with van der Waals surface area (Å²) >= 11 is 5.96. The van der Waals surface area contributed by atoms with Crippen LogP contribution in [0, 0.1) is 5.82 Å². The van der Waals surface area contributed by atoms with Crippen molar-refractivity contribution in [2.24, 2.45) is 0 Å². The summed E-state index contributed by atoms with van der Waals surface area (Å²) in [5.74, 6) is -0.470. The topological polar surface area (TPSA) is 97.1 Å². The standard InChI is InChI=1S/C30H28ClFN4O5/c31-21-5-6-24(32)27(16-21)41-22-3-1-2-19(14-22)29(37)35-11-9-34(10-12-35)18-28-33-25-7-4-20(30(38)39)15-26(25)36(28)17-23-8-13-40-23/h1-7,14-16,23H,8-13,17-18H2,(H,38,39)/t23-/m0/s1. The highest BCUT2D eigenvalue weighted by Gasteiger charge is 2.26. The van der Waals surface area contributed by atoms with Crippen LogP contribution in [0.3, 0.4) is 0 Å². The molecular formula is C30H28ClFN4O5. The number of carboxylic acids is 1. The maximum absolute atomic E-state index is 14.1. The number of ether oxygens (including phenoxy) is 2. The molecule has 1 atom stereocenters. The molecule has 1 N–H and O–H groups in total. The Bertz CT molecular complexity index is 1610. The van der Waals surface area contributed by atoms with Crippen molar-refractivity contribution in [3.63, 3.8) is 0 Å². The second-order valence-electron chi connectivity index (χ2n) is 10.2. The second-order valence-corrected chi connectivity index (χ2v) is 10.6. The zero-order valence-electron chi connectivity index (χ0n) is 22.1. The van der Waals surface area contributed by atoms with Crippen molar-refractivity contribution >= 4 is 34.5 Å². The second kappa shape index (κ2) is 11.5. The number of amides is 1. The number of aromatic carboxylic acids is 1. The third-order valence-electron chi connectivity index (χ3n) is 7.48. The fraction of sp³-hybridized carbons (Fsp3) is 0.300. The van der Waals surface area contributed by atoms with Gasteiger partial charge in [-0.1, -0.05) is 17.7 Å². The van der Waals surface area contributed by atoms with E-state index in [1.54, 1.807) is 47.4 Å². The molecule has 0 saturated carbocycles. The molecule has 1 aromatic heterocycles. The van der Waals surface area contributed by atoms with E-state index >= 15 is 0 Å². The van der Waals surface area contributed by atoms with Crippen molar-refractivity contribution in [3.05, 3.63) is 88.5 Å². The van der Waals surface area contributed by atoms with E-state index < -0.39 is 11.8 Å². The first-order valence-corrected chi connectivity index (χ1v) is 13.8. The number of hydrogen-bond acceptors (Lipinski definition) is 6. The zero-order chi connectivity index (χ0) is 28.5. The summed E-state index contributed by atoms with van der Waals surface area (Å²) in [6.45, 7) is 4.28. The Morgan fingerprint density at radius 2 is 1.85 bits per heavy atom. The van der Waals surface area contributed by atoms with Crippen LogP contribution in [0.25, 0.3) is 11.0 Å². The molecule has 11 heteroatoms. The zero-order valence-corrected chi connectivity index (χ0v) is 22.9. The fourth-order valence-corrected chi connectivity index (χ4v) is 5.29. The van der Waals surface area contributed by atoms with Gasteiger partial charge in [-0.3, -0.25) is 9.69 Å². The van der Waals surface area contributed by atoms with Crippen LogP contribution in [-0.4, -0.2) is 75.2 Å². The molecule has 3 aromatic carbocycles. The van der Waals surface area contributed by atoms with Crippen molar-refractivity contribution in [2.45, 2.75) is 25.6 Å². The van der Waals surface area contributed by atoms with Gasteiger partial charge in [-0.25, -0.2) is 14.2 Å². The van der Waals surface area contributed by atoms with E-state index in [4.69, 9.17) is 26.1 Å². The number of carbonyl (C=O) groups is 2. The molecular weight excluding hydrogens is 551 g/mol. The molecule has 2 aliphatic rings. The summed E-state index contributed by atoms with van der Waals surface area (Å²) in [6.07, 6.45) is 1.04. The van der Waals surface area contributed by atoms with Gasteiger partial charge in [0, 0.05) is 49.4 Å². The average Bonchev–Trinajstić information content (AvgIpc) is 3.28. The summed E-state index contributed by atoms with van der Waals surface area (Å²) in [6, 6.07) is 15.7. The molecule has 1 amide bonds. The van der Waals surface area contributed by atoms with Crippen molar-refractivity contribution in [2.75, 3.05) is 32.8 Å². The first-order chi connectivity index (χ1) is 19.8. The number of fused-ring (bicyclic) bond motifs is 1. The Balaban J connectivity index is 1.12. The Kier molecular flexibility index (Phi) is 7.61. The molecule has 2 aliphatic heterocycles. The van der Waals surface area contributed by atoms with Gasteiger partial charge in [0.05, 0.1) is 35.8 Å². The van der Waals surface area contributed by atoms with E-state index in [0.717, 1.165) is 29.9 Å². The lowest BCUT2D eigenvalue weighted by molar-refractivity contribution is -0.0592. The predicted molar refractivity (Wildman–Crippen MR) is 150 cm³/mol. The molecule has 41 heavy (non-hydrogen) atoms. The lowest BCUT2D eigenvalue weighted by Crippen LogP contribution is -2.48. The van der Waals surface area contributed by atoms with Crippen LogP contribution in [0.2, 0.25) is 5.02 Å². The van der Waals surface area contributed by atoms with Crippen LogP contribution in [0.4, 0.5) is 4.39 Å². The number of carbonyl (C=O) groups excluding carboxylic acids is 1. The van der Waals surface area contributed by atoms with E-state index in [0.29, 0.717) is 55.6 Å². The van der Waals surface area contributed by atoms with Gasteiger partial charge >= 0.3 is 5.97 Å². The smallest absolute Gasteiger partial charge is 0.335 e. The molecule has 0 bridgehead atoms. The average molecular weight is 579 g/mol. The summed E-state index contributed by atoms with van der Waals surface area (Å²) < 4.78 is 27.5. The number of imidazole rings is 1. The largest absolute Gasteiger partial charge is 0.478 e. The molecule has 212 valence electrons.